The van der Waals surface area contributed by atoms with Crippen molar-refractivity contribution >= 4 is 17.5 Å². The van der Waals surface area contributed by atoms with E-state index < -0.39 is 0 Å². The number of benzene rings is 1. The number of anilines is 1. The lowest BCUT2D eigenvalue weighted by Gasteiger charge is -2.35. The average Bonchev–Trinajstić information content (AvgIpc) is 3.20. The van der Waals surface area contributed by atoms with Gasteiger partial charge in [-0.1, -0.05) is 12.1 Å². The van der Waals surface area contributed by atoms with Gasteiger partial charge in [0.25, 0.3) is 5.91 Å². The van der Waals surface area contributed by atoms with Gasteiger partial charge < -0.3 is 9.80 Å². The van der Waals surface area contributed by atoms with Gasteiger partial charge in [0.05, 0.1) is 5.69 Å². The molecule has 4 rings (SSSR count). The van der Waals surface area contributed by atoms with Gasteiger partial charge in [-0.25, -0.2) is 4.68 Å². The van der Waals surface area contributed by atoms with Crippen molar-refractivity contribution in [1.29, 1.82) is 0 Å². The second-order valence-electron chi connectivity index (χ2n) is 7.06. The van der Waals surface area contributed by atoms with Crippen LogP contribution in [0.4, 0.5) is 5.82 Å². The Balaban J connectivity index is 1.37. The first-order chi connectivity index (χ1) is 14.0. The first kappa shape index (κ1) is 18.8. The molecule has 1 fully saturated rings. The molecule has 1 saturated heterocycles. The zero-order chi connectivity index (χ0) is 20.4. The molecule has 1 aromatic carbocycles. The third kappa shape index (κ3) is 4.01. The largest absolute Gasteiger partial charge is 0.352 e. The minimum Gasteiger partial charge on any atom is -0.352 e. The molecule has 0 radical (unpaired) electrons. The molecule has 0 saturated carbocycles. The summed E-state index contributed by atoms with van der Waals surface area (Å²) in [4.78, 5) is 28.0. The summed E-state index contributed by atoms with van der Waals surface area (Å²) in [5.41, 5.74) is 2.13. The van der Waals surface area contributed by atoms with Crippen molar-refractivity contribution in [2.75, 3.05) is 31.1 Å². The number of ketones is 1. The number of Topliss-reactive ketones (excluding diaryl/α,β-unsaturated/α-hetero) is 1. The van der Waals surface area contributed by atoms with Crippen molar-refractivity contribution in [2.24, 2.45) is 0 Å². The summed E-state index contributed by atoms with van der Waals surface area (Å²) in [5.74, 6) is 1.43. The van der Waals surface area contributed by atoms with Crippen LogP contribution in [0.2, 0.25) is 0 Å². The predicted molar refractivity (Wildman–Crippen MR) is 108 cm³/mol. The lowest BCUT2D eigenvalue weighted by molar-refractivity contribution is 0.0746. The van der Waals surface area contributed by atoms with E-state index >= 15 is 0 Å². The Morgan fingerprint density at radius 2 is 1.45 bits per heavy atom. The van der Waals surface area contributed by atoms with Gasteiger partial charge in [0, 0.05) is 43.5 Å². The number of aromatic nitrogens is 4. The molecule has 0 N–H and O–H groups in total. The molecule has 29 heavy (non-hydrogen) atoms. The summed E-state index contributed by atoms with van der Waals surface area (Å²) in [6.07, 6.45) is 1.85. The molecular formula is C21H22N6O2. The molecule has 0 aliphatic carbocycles. The maximum Gasteiger partial charge on any atom is 0.253 e. The van der Waals surface area contributed by atoms with Crippen LogP contribution in [0.5, 0.6) is 0 Å². The Morgan fingerprint density at radius 1 is 0.828 bits per heavy atom. The molecular weight excluding hydrogens is 368 g/mol. The quantitative estimate of drug-likeness (QED) is 0.635. The molecule has 0 unspecified atom stereocenters. The van der Waals surface area contributed by atoms with Crippen molar-refractivity contribution in [2.45, 2.75) is 13.8 Å². The van der Waals surface area contributed by atoms with Gasteiger partial charge in [0.1, 0.15) is 0 Å². The number of nitrogens with zero attached hydrogens (tertiary/aromatic N) is 6. The van der Waals surface area contributed by atoms with Gasteiger partial charge in [0.15, 0.2) is 17.4 Å². The zero-order valence-electron chi connectivity index (χ0n) is 16.4. The number of aryl methyl sites for hydroxylation is 1. The van der Waals surface area contributed by atoms with Crippen LogP contribution < -0.4 is 4.90 Å². The molecule has 3 heterocycles. The highest BCUT2D eigenvalue weighted by Gasteiger charge is 2.23. The van der Waals surface area contributed by atoms with Crippen LogP contribution in [-0.2, 0) is 0 Å². The Morgan fingerprint density at radius 3 is 2.00 bits per heavy atom. The van der Waals surface area contributed by atoms with E-state index in [9.17, 15) is 9.59 Å². The second-order valence-corrected chi connectivity index (χ2v) is 7.06. The minimum atomic E-state index is -0.0183. The molecule has 3 aromatic rings. The van der Waals surface area contributed by atoms with Crippen molar-refractivity contribution in [3.63, 3.8) is 0 Å². The molecule has 2 aromatic heterocycles. The Bertz CT molecular complexity index is 1020. The summed E-state index contributed by atoms with van der Waals surface area (Å²) < 4.78 is 1.69. The number of piperazine rings is 1. The number of hydrogen-bond acceptors (Lipinski definition) is 6. The highest BCUT2D eigenvalue weighted by atomic mass is 16.2. The molecule has 1 amide bonds. The van der Waals surface area contributed by atoms with E-state index in [2.05, 4.69) is 20.2 Å². The van der Waals surface area contributed by atoms with Gasteiger partial charge in [-0.2, -0.15) is 5.10 Å². The molecule has 0 atom stereocenters. The normalized spacial score (nSPS) is 14.1. The number of amides is 1. The fourth-order valence-corrected chi connectivity index (χ4v) is 3.32. The van der Waals surface area contributed by atoms with Crippen LogP contribution in [0.25, 0.3) is 5.82 Å². The number of carbonyl (C=O) groups is 2. The first-order valence-corrected chi connectivity index (χ1v) is 9.53. The van der Waals surface area contributed by atoms with Crippen molar-refractivity contribution in [3.05, 3.63) is 65.5 Å². The third-order valence-corrected chi connectivity index (χ3v) is 5.02. The molecule has 1 aliphatic heterocycles. The van der Waals surface area contributed by atoms with E-state index in [1.165, 1.54) is 6.92 Å². The summed E-state index contributed by atoms with van der Waals surface area (Å²) in [6, 6.07) is 12.6. The Labute approximate surface area is 168 Å². The molecule has 148 valence electrons. The van der Waals surface area contributed by atoms with E-state index in [1.54, 1.807) is 28.9 Å². The van der Waals surface area contributed by atoms with Crippen LogP contribution in [0.1, 0.15) is 33.3 Å². The van der Waals surface area contributed by atoms with E-state index in [4.69, 9.17) is 0 Å². The van der Waals surface area contributed by atoms with Crippen molar-refractivity contribution in [1.82, 2.24) is 24.9 Å². The smallest absolute Gasteiger partial charge is 0.253 e. The lowest BCUT2D eigenvalue weighted by Crippen LogP contribution is -2.49. The molecule has 8 nitrogen and oxygen atoms in total. The summed E-state index contributed by atoms with van der Waals surface area (Å²) in [7, 11) is 0. The van der Waals surface area contributed by atoms with E-state index in [1.807, 2.05) is 36.2 Å². The second kappa shape index (κ2) is 7.83. The number of rotatable bonds is 4. The Hall–Kier alpha value is -3.55. The van der Waals surface area contributed by atoms with Crippen LogP contribution in [0.15, 0.2) is 48.7 Å². The van der Waals surface area contributed by atoms with Crippen LogP contribution in [0.3, 0.4) is 0 Å². The van der Waals surface area contributed by atoms with Gasteiger partial charge >= 0.3 is 0 Å². The summed E-state index contributed by atoms with van der Waals surface area (Å²) >= 11 is 0. The highest BCUT2D eigenvalue weighted by Crippen LogP contribution is 2.16. The fourth-order valence-electron chi connectivity index (χ4n) is 3.32. The molecule has 8 heteroatoms. The van der Waals surface area contributed by atoms with Gasteiger partial charge in [-0.15, -0.1) is 10.2 Å². The molecule has 0 spiro atoms. The predicted octanol–water partition coefficient (Wildman–Crippen LogP) is 2.14. The van der Waals surface area contributed by atoms with Crippen molar-refractivity contribution in [3.8, 4) is 5.82 Å². The van der Waals surface area contributed by atoms with Crippen LogP contribution in [0, 0.1) is 6.92 Å². The van der Waals surface area contributed by atoms with Crippen molar-refractivity contribution < 1.29 is 9.59 Å². The first-order valence-electron chi connectivity index (χ1n) is 9.53. The molecule has 0 bridgehead atoms. The summed E-state index contributed by atoms with van der Waals surface area (Å²) in [5, 5.41) is 12.9. The number of hydrogen-bond donors (Lipinski definition) is 0. The zero-order valence-corrected chi connectivity index (χ0v) is 16.4. The van der Waals surface area contributed by atoms with Crippen LogP contribution >= 0.6 is 0 Å². The lowest BCUT2D eigenvalue weighted by atomic mass is 10.1. The fraction of sp³-hybridized carbons (Fsp3) is 0.286. The topological polar surface area (TPSA) is 84.2 Å². The Kier molecular flexibility index (Phi) is 5.07. The summed E-state index contributed by atoms with van der Waals surface area (Å²) in [6.45, 7) is 6.03. The maximum absolute atomic E-state index is 12.7. The minimum absolute atomic E-state index is 0.00701. The monoisotopic (exact) mass is 390 g/mol. The van der Waals surface area contributed by atoms with Gasteiger partial charge in [-0.3, -0.25) is 9.59 Å². The van der Waals surface area contributed by atoms with E-state index in [0.29, 0.717) is 43.1 Å². The van der Waals surface area contributed by atoms with E-state index in [0.717, 1.165) is 11.5 Å². The third-order valence-electron chi connectivity index (χ3n) is 5.02. The van der Waals surface area contributed by atoms with E-state index in [-0.39, 0.29) is 11.7 Å². The SMILES string of the molecule is CC(=O)c1ccc(C(=O)N2CCN(c3ccc(-n4ccc(C)n4)nn3)CC2)cc1. The standard InChI is InChI=1S/C21H22N6O2/c1-15-9-10-27(24-15)20-8-7-19(22-23-20)25-11-13-26(14-12-25)21(29)18-5-3-17(4-6-18)16(2)28/h3-10H,11-14H2,1-2H3. The maximum atomic E-state index is 12.7. The van der Waals surface area contributed by atoms with Gasteiger partial charge in [-0.05, 0) is 44.2 Å². The van der Waals surface area contributed by atoms with Gasteiger partial charge in [0.2, 0.25) is 0 Å². The van der Waals surface area contributed by atoms with Crippen LogP contribution in [-0.4, -0.2) is 62.7 Å². The number of carbonyl (C=O) groups excluding carboxylic acids is 2. The molecule has 1 aliphatic rings. The highest BCUT2D eigenvalue weighted by molar-refractivity contribution is 5.97. The average molecular weight is 390 g/mol.